The van der Waals surface area contributed by atoms with E-state index in [1.54, 1.807) is 6.19 Å². The smallest absolute Gasteiger partial charge is 0.245 e. The fraction of sp³-hybridized carbons (Fsp3) is 0.400. The monoisotopic (exact) mass is 230 g/mol. The number of hydrogen-bond acceptors (Lipinski definition) is 5. The first-order chi connectivity index (χ1) is 8.30. The molecule has 0 saturated carbocycles. The zero-order valence-corrected chi connectivity index (χ0v) is 9.17. The highest BCUT2D eigenvalue weighted by atomic mass is 15.2. The van der Waals surface area contributed by atoms with Crippen LogP contribution in [0.3, 0.4) is 0 Å². The molecule has 1 rings (SSSR count). The maximum atomic E-state index is 8.73. The lowest BCUT2D eigenvalue weighted by Gasteiger charge is -2.03. The molecule has 0 fully saturated rings. The van der Waals surface area contributed by atoms with E-state index in [4.69, 9.17) is 15.8 Å². The highest BCUT2D eigenvalue weighted by Gasteiger charge is 2.09. The number of aryl methyl sites for hydroxylation is 1. The van der Waals surface area contributed by atoms with Gasteiger partial charge in [0.05, 0.1) is 12.6 Å². The molecular formula is C10H12N7+. The van der Waals surface area contributed by atoms with E-state index in [0.29, 0.717) is 19.6 Å². The first-order valence-electron chi connectivity index (χ1n) is 5.01. The largest absolute Gasteiger partial charge is 0.307 e. The predicted molar refractivity (Wildman–Crippen MR) is 56.1 cm³/mol. The van der Waals surface area contributed by atoms with E-state index >= 15 is 0 Å². The summed E-state index contributed by atoms with van der Waals surface area (Å²) in [5.74, 6) is 0. The molecule has 0 radical (unpaired) electrons. The highest BCUT2D eigenvalue weighted by molar-refractivity contribution is 4.93. The third-order valence-electron chi connectivity index (χ3n) is 2.16. The summed E-state index contributed by atoms with van der Waals surface area (Å²) >= 11 is 0. The molecule has 1 aromatic heterocycles. The Morgan fingerprint density at radius 3 is 2.76 bits per heavy atom. The van der Waals surface area contributed by atoms with Gasteiger partial charge in [-0.05, 0) is 0 Å². The van der Waals surface area contributed by atoms with E-state index < -0.39 is 6.04 Å². The van der Waals surface area contributed by atoms with Crippen molar-refractivity contribution in [3.63, 3.8) is 0 Å². The van der Waals surface area contributed by atoms with Crippen molar-refractivity contribution in [2.45, 2.75) is 25.7 Å². The van der Waals surface area contributed by atoms with Crippen LogP contribution in [-0.2, 0) is 13.2 Å². The van der Waals surface area contributed by atoms with Crippen LogP contribution in [0.2, 0.25) is 0 Å². The Kier molecular flexibility index (Phi) is 4.87. The highest BCUT2D eigenvalue weighted by Crippen LogP contribution is 1.94. The quantitative estimate of drug-likeness (QED) is 0.376. The van der Waals surface area contributed by atoms with Gasteiger partial charge in [-0.3, -0.25) is 5.32 Å². The van der Waals surface area contributed by atoms with E-state index in [0.717, 1.165) is 0 Å². The Bertz CT molecular complexity index is 470. The summed E-state index contributed by atoms with van der Waals surface area (Å²) in [5, 5.41) is 30.4. The number of aromatic nitrogens is 2. The molecule has 0 bridgehead atoms. The third-order valence-corrected chi connectivity index (χ3v) is 2.16. The second-order valence-electron chi connectivity index (χ2n) is 3.34. The summed E-state index contributed by atoms with van der Waals surface area (Å²) in [5.41, 5.74) is 0. The number of nitrogens with zero attached hydrogens (tertiary/aromatic N) is 5. The molecule has 7 nitrogen and oxygen atoms in total. The van der Waals surface area contributed by atoms with E-state index in [1.165, 1.54) is 0 Å². The fourth-order valence-corrected chi connectivity index (χ4v) is 1.32. The first-order valence-corrected chi connectivity index (χ1v) is 5.01. The Balaban J connectivity index is 2.42. The van der Waals surface area contributed by atoms with Gasteiger partial charge in [0, 0.05) is 6.42 Å². The summed E-state index contributed by atoms with van der Waals surface area (Å²) in [6, 6.07) is 1.54. The van der Waals surface area contributed by atoms with Gasteiger partial charge >= 0.3 is 0 Å². The van der Waals surface area contributed by atoms with Crippen molar-refractivity contribution in [3.05, 3.63) is 18.7 Å². The molecule has 7 heteroatoms. The molecule has 1 unspecified atom stereocenters. The van der Waals surface area contributed by atoms with Gasteiger partial charge in [-0.2, -0.15) is 15.8 Å². The Hall–Kier alpha value is -2.72. The van der Waals surface area contributed by atoms with Crippen LogP contribution in [0.4, 0.5) is 0 Å². The average Bonchev–Trinajstić information content (AvgIpc) is 2.80. The number of rotatable bonds is 6. The molecule has 0 aliphatic rings. The van der Waals surface area contributed by atoms with Crippen molar-refractivity contribution in [3.8, 4) is 18.5 Å². The lowest BCUT2D eigenvalue weighted by molar-refractivity contribution is -0.699. The normalized spacial score (nSPS) is 10.6. The Morgan fingerprint density at radius 1 is 1.29 bits per heavy atom. The first kappa shape index (κ1) is 12.4. The molecule has 0 aliphatic heterocycles. The van der Waals surface area contributed by atoms with Gasteiger partial charge in [0.1, 0.15) is 18.4 Å². The second kappa shape index (κ2) is 6.71. The van der Waals surface area contributed by atoms with Crippen LogP contribution < -0.4 is 15.2 Å². The lowest BCUT2D eigenvalue weighted by atomic mass is 10.2. The molecule has 0 aliphatic carbocycles. The predicted octanol–water partition coefficient (Wildman–Crippen LogP) is -0.843. The van der Waals surface area contributed by atoms with Gasteiger partial charge in [-0.25, -0.2) is 9.13 Å². The average molecular weight is 230 g/mol. The van der Waals surface area contributed by atoms with Crippen molar-refractivity contribution < 1.29 is 4.57 Å². The molecule has 2 N–H and O–H groups in total. The summed E-state index contributed by atoms with van der Waals surface area (Å²) in [6.45, 7) is 1.05. The summed E-state index contributed by atoms with van der Waals surface area (Å²) < 4.78 is 3.70. The van der Waals surface area contributed by atoms with Crippen LogP contribution in [0.5, 0.6) is 0 Å². The van der Waals surface area contributed by atoms with E-state index in [1.807, 2.05) is 40.1 Å². The second-order valence-corrected chi connectivity index (χ2v) is 3.34. The number of imidazole rings is 1. The van der Waals surface area contributed by atoms with Crippen LogP contribution >= 0.6 is 0 Å². The Morgan fingerprint density at radius 2 is 2.12 bits per heavy atom. The molecule has 1 heterocycles. The van der Waals surface area contributed by atoms with Crippen LogP contribution in [-0.4, -0.2) is 10.6 Å². The fourth-order valence-electron chi connectivity index (χ4n) is 1.32. The van der Waals surface area contributed by atoms with Gasteiger partial charge in [-0.1, -0.05) is 0 Å². The zero-order chi connectivity index (χ0) is 12.5. The summed E-state index contributed by atoms with van der Waals surface area (Å²) in [7, 11) is 0. The molecular weight excluding hydrogens is 218 g/mol. The number of hydrogen-bond donors (Lipinski definition) is 2. The standard InChI is InChI=1S/C10H12N7/c11-5-10(15-7-13)1-2-16-3-4-17(9-16)8-14-6-12/h3-4,9-10,14-15H,1-2,8H2/q+1. The molecule has 0 amide bonds. The van der Waals surface area contributed by atoms with Crippen LogP contribution in [0.1, 0.15) is 6.42 Å². The van der Waals surface area contributed by atoms with Crippen molar-refractivity contribution in [2.75, 3.05) is 0 Å². The molecule has 17 heavy (non-hydrogen) atoms. The van der Waals surface area contributed by atoms with Gasteiger partial charge in [0.25, 0.3) is 0 Å². The maximum absolute atomic E-state index is 8.73. The van der Waals surface area contributed by atoms with Crippen molar-refractivity contribution in [1.29, 1.82) is 15.8 Å². The minimum atomic E-state index is -0.465. The Labute approximate surface area is 99.1 Å². The van der Waals surface area contributed by atoms with Gasteiger partial charge in [0.15, 0.2) is 19.1 Å². The zero-order valence-electron chi connectivity index (χ0n) is 9.17. The minimum absolute atomic E-state index is 0.418. The maximum Gasteiger partial charge on any atom is 0.245 e. The van der Waals surface area contributed by atoms with Crippen LogP contribution in [0.25, 0.3) is 0 Å². The van der Waals surface area contributed by atoms with E-state index in [-0.39, 0.29) is 0 Å². The van der Waals surface area contributed by atoms with E-state index in [2.05, 4.69) is 10.6 Å². The van der Waals surface area contributed by atoms with Crippen molar-refractivity contribution in [1.82, 2.24) is 15.2 Å². The van der Waals surface area contributed by atoms with Gasteiger partial charge in [0.2, 0.25) is 6.33 Å². The number of nitriles is 3. The van der Waals surface area contributed by atoms with Crippen molar-refractivity contribution in [2.24, 2.45) is 0 Å². The van der Waals surface area contributed by atoms with Gasteiger partial charge in [-0.15, -0.1) is 0 Å². The minimum Gasteiger partial charge on any atom is -0.307 e. The molecule has 1 aromatic rings. The van der Waals surface area contributed by atoms with Crippen LogP contribution in [0, 0.1) is 34.2 Å². The molecule has 86 valence electrons. The van der Waals surface area contributed by atoms with Gasteiger partial charge < -0.3 is 5.32 Å². The van der Waals surface area contributed by atoms with E-state index in [9.17, 15) is 0 Å². The third kappa shape index (κ3) is 4.11. The molecule has 0 spiro atoms. The molecule has 0 saturated heterocycles. The molecule has 0 aromatic carbocycles. The van der Waals surface area contributed by atoms with Crippen molar-refractivity contribution >= 4 is 0 Å². The lowest BCUT2D eigenvalue weighted by Crippen LogP contribution is -2.37. The van der Waals surface area contributed by atoms with Crippen LogP contribution in [0.15, 0.2) is 18.7 Å². The summed E-state index contributed by atoms with van der Waals surface area (Å²) in [6.07, 6.45) is 9.63. The SMILES string of the molecule is N#CNC[n+]1ccn(CCC(C#N)NC#N)c1. The number of nitrogens with one attached hydrogen (secondary N) is 2. The topological polar surface area (TPSA) is 104 Å². The summed E-state index contributed by atoms with van der Waals surface area (Å²) in [4.78, 5) is 0. The molecule has 1 atom stereocenters.